The van der Waals surface area contributed by atoms with Crippen LogP contribution in [0.2, 0.25) is 0 Å². The van der Waals surface area contributed by atoms with E-state index in [4.69, 9.17) is 16.3 Å². The zero-order chi connectivity index (χ0) is 34.0. The second kappa shape index (κ2) is 13.6. The monoisotopic (exact) mass is 699 g/mol. The van der Waals surface area contributed by atoms with E-state index in [2.05, 4.69) is 20.4 Å². The molecule has 2 unspecified atom stereocenters. The number of hydrogen-bond donors (Lipinski definition) is 5. The summed E-state index contributed by atoms with van der Waals surface area (Å²) in [7, 11) is 1.83. The summed E-state index contributed by atoms with van der Waals surface area (Å²) in [6.07, 6.45) is 2.51. The minimum absolute atomic E-state index is 0.0204. The topological polar surface area (TPSA) is 227 Å². The summed E-state index contributed by atoms with van der Waals surface area (Å²) in [6.45, 7) is 2.49. The van der Waals surface area contributed by atoms with Crippen LogP contribution in [0.25, 0.3) is 0 Å². The van der Waals surface area contributed by atoms with Crippen molar-refractivity contribution in [3.05, 3.63) is 70.0 Å². The first-order valence-electron chi connectivity index (χ1n) is 14.0. The Morgan fingerprint density at radius 3 is 2.57 bits per heavy atom. The molecule has 7 N–H and O–H groups in total. The van der Waals surface area contributed by atoms with E-state index in [1.165, 1.54) is 42.8 Å². The van der Waals surface area contributed by atoms with Crippen LogP contribution in [0.1, 0.15) is 30.7 Å². The van der Waals surface area contributed by atoms with Gasteiger partial charge in [-0.3, -0.25) is 14.5 Å². The molecule has 0 radical (unpaired) electrons. The molecule has 0 aliphatic carbocycles. The van der Waals surface area contributed by atoms with E-state index in [0.29, 0.717) is 23.0 Å². The van der Waals surface area contributed by atoms with Crippen molar-refractivity contribution in [3.63, 3.8) is 0 Å². The molecule has 3 aromatic rings. The number of carbonyl (C=O) groups is 4. The Labute approximate surface area is 281 Å². The second-order valence-electron chi connectivity index (χ2n) is 11.0. The Bertz CT molecular complexity index is 1810. The molecule has 15 nitrogen and oxygen atoms in total. The van der Waals surface area contributed by atoms with Gasteiger partial charge in [-0.05, 0) is 41.7 Å². The Morgan fingerprint density at radius 1 is 1.21 bits per heavy atom. The third kappa shape index (κ3) is 7.18. The maximum atomic E-state index is 13.3. The van der Waals surface area contributed by atoms with Gasteiger partial charge in [0.05, 0.1) is 12.6 Å². The molecular formula is C29H31N8O7S3+. The number of thioether (sulfide) groups is 2. The lowest BCUT2D eigenvalue weighted by Gasteiger charge is -2.49. The molecule has 1 saturated heterocycles. The van der Waals surface area contributed by atoms with Crippen LogP contribution >= 0.6 is 34.9 Å². The number of fused-ring (bicyclic) bond motifs is 1. The van der Waals surface area contributed by atoms with E-state index in [1.54, 1.807) is 0 Å². The molecule has 2 amide bonds. The molecule has 4 heterocycles. The van der Waals surface area contributed by atoms with Gasteiger partial charge in [0.1, 0.15) is 29.0 Å². The number of hydrogen-bond acceptors (Lipinski definition) is 13. The lowest BCUT2D eigenvalue weighted by atomic mass is 10.0. The van der Waals surface area contributed by atoms with Crippen molar-refractivity contribution >= 4 is 75.3 Å². The van der Waals surface area contributed by atoms with Crippen LogP contribution in [0.3, 0.4) is 0 Å². The number of benzene rings is 1. The van der Waals surface area contributed by atoms with Crippen LogP contribution < -0.4 is 21.4 Å². The third-order valence-electron chi connectivity index (χ3n) is 7.21. The molecule has 47 heavy (non-hydrogen) atoms. The number of carboxylic acid groups (broad SMARTS) is 2. The van der Waals surface area contributed by atoms with Crippen molar-refractivity contribution in [2.45, 2.75) is 42.4 Å². The van der Waals surface area contributed by atoms with Crippen LogP contribution in [0, 0.1) is 0 Å². The lowest BCUT2D eigenvalue weighted by Crippen LogP contribution is -2.71. The molecule has 2 aliphatic rings. The number of thiazole rings is 1. The van der Waals surface area contributed by atoms with E-state index < -0.39 is 40.8 Å². The maximum absolute atomic E-state index is 13.3. The fourth-order valence-corrected chi connectivity index (χ4v) is 7.63. The highest BCUT2D eigenvalue weighted by Gasteiger charge is 2.54. The molecule has 2 aliphatic heterocycles. The third-order valence-corrected chi connectivity index (χ3v) is 10.3. The standard InChI is InChI=1S/C29H30N8O7S3/c1-29(2,26(42)43)44-35-18(17-13-46-27(31)32-17)22(38)33-19-23(39)37-20(25(40)41)16(11-45-24(19)37)12-47-28-34-21(30)15(10-36(28)3)9-14-7-5-4-6-8-14/h4-8,10,13,19,24,30H,9,11-12H2,1-3H3,(H5,31,32,33,38,40,41,42,43)/p+1/b35-18-. The number of rotatable bonds is 12. The van der Waals surface area contributed by atoms with Gasteiger partial charge in [-0.2, -0.15) is 0 Å². The smallest absolute Gasteiger partial charge is 0.361 e. The number of oxime groups is 1. The molecule has 0 bridgehead atoms. The molecular weight excluding hydrogens is 669 g/mol. The van der Waals surface area contributed by atoms with Crippen molar-refractivity contribution in [1.29, 1.82) is 0 Å². The summed E-state index contributed by atoms with van der Waals surface area (Å²) in [5.41, 5.74) is 12.1. The number of anilines is 2. The van der Waals surface area contributed by atoms with Crippen LogP contribution in [0.15, 0.2) is 63.5 Å². The van der Waals surface area contributed by atoms with Crippen LogP contribution in [0.5, 0.6) is 0 Å². The zero-order valence-electron chi connectivity index (χ0n) is 25.4. The van der Waals surface area contributed by atoms with E-state index in [9.17, 15) is 29.4 Å². The van der Waals surface area contributed by atoms with Crippen LogP contribution in [-0.4, -0.2) is 83.1 Å². The summed E-state index contributed by atoms with van der Waals surface area (Å²) in [6, 6.07) is 8.77. The molecule has 1 fully saturated rings. The molecule has 0 saturated carbocycles. The fourth-order valence-electron chi connectivity index (χ4n) is 4.65. The predicted molar refractivity (Wildman–Crippen MR) is 175 cm³/mol. The molecule has 2 aromatic heterocycles. The summed E-state index contributed by atoms with van der Waals surface area (Å²) in [5, 5.41) is 27.2. The van der Waals surface area contributed by atoms with Gasteiger partial charge >= 0.3 is 17.1 Å². The number of amides is 2. The number of carbonyl (C=O) groups excluding carboxylic acids is 2. The molecule has 5 rings (SSSR count). The number of nitrogens with one attached hydrogen (secondary N) is 1. The molecule has 0 spiro atoms. The number of nitrogen functional groups attached to an aromatic ring is 2. The van der Waals surface area contributed by atoms with E-state index in [0.717, 1.165) is 27.4 Å². The number of aromatic nitrogens is 3. The van der Waals surface area contributed by atoms with Gasteiger partial charge in [0.2, 0.25) is 11.4 Å². The van der Waals surface area contributed by atoms with Gasteiger partial charge < -0.3 is 31.8 Å². The van der Waals surface area contributed by atoms with Crippen molar-refractivity contribution in [2.24, 2.45) is 12.2 Å². The van der Waals surface area contributed by atoms with E-state index in [-0.39, 0.29) is 33.7 Å². The highest BCUT2D eigenvalue weighted by atomic mass is 32.2. The molecule has 18 heteroatoms. The number of carboxylic acids is 2. The number of nitrogens with zero attached hydrogens (tertiary/aromatic N) is 5. The number of nitrogens with two attached hydrogens (primary N) is 2. The van der Waals surface area contributed by atoms with Crippen molar-refractivity contribution in [2.75, 3.05) is 23.0 Å². The lowest BCUT2D eigenvalue weighted by molar-refractivity contribution is -0.713. The molecule has 2 atom stereocenters. The summed E-state index contributed by atoms with van der Waals surface area (Å²) < 4.78 is 1.83. The van der Waals surface area contributed by atoms with Gasteiger partial charge in [-0.25, -0.2) is 19.1 Å². The Morgan fingerprint density at radius 2 is 1.94 bits per heavy atom. The highest BCUT2D eigenvalue weighted by molar-refractivity contribution is 8.01. The van der Waals surface area contributed by atoms with E-state index >= 15 is 0 Å². The van der Waals surface area contributed by atoms with Crippen molar-refractivity contribution in [3.8, 4) is 0 Å². The van der Waals surface area contributed by atoms with Gasteiger partial charge in [0.25, 0.3) is 11.8 Å². The first-order valence-corrected chi connectivity index (χ1v) is 16.9. The summed E-state index contributed by atoms with van der Waals surface area (Å²) >= 11 is 3.62. The number of β-lactam (4-membered cyclic amide) rings is 1. The van der Waals surface area contributed by atoms with Gasteiger partial charge in [-0.15, -0.1) is 23.1 Å². The minimum atomic E-state index is -1.77. The predicted octanol–water partition coefficient (Wildman–Crippen LogP) is 1.23. The first-order chi connectivity index (χ1) is 22.3. The second-order valence-corrected chi connectivity index (χ2v) is 14.0. The molecule has 1 aromatic carbocycles. The average Bonchev–Trinajstić information content (AvgIpc) is 3.46. The van der Waals surface area contributed by atoms with E-state index in [1.807, 2.05) is 48.1 Å². The first kappa shape index (κ1) is 33.7. The highest BCUT2D eigenvalue weighted by Crippen LogP contribution is 2.41. The number of aryl methyl sites for hydroxylation is 1. The van der Waals surface area contributed by atoms with Gasteiger partial charge in [-0.1, -0.05) is 35.5 Å². The fraction of sp³-hybridized carbons (Fsp3) is 0.310. The maximum Gasteiger partial charge on any atom is 0.361 e. The van der Waals surface area contributed by atoms with Gasteiger partial charge in [0.15, 0.2) is 10.8 Å². The zero-order valence-corrected chi connectivity index (χ0v) is 27.8. The van der Waals surface area contributed by atoms with Gasteiger partial charge in [0, 0.05) is 23.3 Å². The quantitative estimate of drug-likeness (QED) is 0.0448. The summed E-state index contributed by atoms with van der Waals surface area (Å²) in [4.78, 5) is 65.4. The van der Waals surface area contributed by atoms with Crippen LogP contribution in [-0.2, 0) is 37.5 Å². The Balaban J connectivity index is 1.30. The Kier molecular flexibility index (Phi) is 9.73. The van der Waals surface area contributed by atoms with Crippen LogP contribution in [0.4, 0.5) is 10.9 Å². The SMILES string of the molecule is C[n+]1cc(Cc2ccccc2)c(N)nc1SCC1=C(C(=O)O)N2C(=O)C(NC(=O)/C(=N\OC(C)(C)C(=O)O)c3csc(N)n3)C2SC1. The number of aliphatic carboxylic acids is 2. The minimum Gasteiger partial charge on any atom is -0.478 e. The summed E-state index contributed by atoms with van der Waals surface area (Å²) in [5.74, 6) is -3.21. The largest absolute Gasteiger partial charge is 0.478 e. The molecule has 246 valence electrons. The van der Waals surface area contributed by atoms with Crippen molar-refractivity contribution in [1.82, 2.24) is 20.2 Å². The van der Waals surface area contributed by atoms with Crippen molar-refractivity contribution < 1.29 is 38.8 Å². The average molecular weight is 700 g/mol. The normalized spacial score (nSPS) is 18.0. The Hall–Kier alpha value is -4.68.